The van der Waals surface area contributed by atoms with Crippen LogP contribution in [0.4, 0.5) is 11.4 Å². The van der Waals surface area contributed by atoms with E-state index < -0.39 is 0 Å². The number of anilines is 2. The van der Waals surface area contributed by atoms with Gasteiger partial charge in [-0.1, -0.05) is 54.6 Å². The summed E-state index contributed by atoms with van der Waals surface area (Å²) in [4.78, 5) is 24.5. The van der Waals surface area contributed by atoms with E-state index in [0.29, 0.717) is 24.1 Å². The summed E-state index contributed by atoms with van der Waals surface area (Å²) < 4.78 is 0. The molecule has 0 radical (unpaired) electrons. The van der Waals surface area contributed by atoms with Crippen molar-refractivity contribution in [3.63, 3.8) is 0 Å². The van der Waals surface area contributed by atoms with Crippen LogP contribution in [-0.2, 0) is 11.2 Å². The zero-order valence-corrected chi connectivity index (χ0v) is 14.3. The van der Waals surface area contributed by atoms with Crippen molar-refractivity contribution in [2.75, 3.05) is 10.6 Å². The first-order valence-corrected chi connectivity index (χ1v) is 8.51. The molecule has 26 heavy (non-hydrogen) atoms. The predicted molar refractivity (Wildman–Crippen MR) is 104 cm³/mol. The molecule has 0 aliphatic carbocycles. The van der Waals surface area contributed by atoms with E-state index in [1.807, 2.05) is 60.7 Å². The Balaban J connectivity index is 1.58. The van der Waals surface area contributed by atoms with Crippen LogP contribution in [0.5, 0.6) is 0 Å². The molecule has 0 aromatic heterocycles. The Hall–Kier alpha value is -3.40. The number of aryl methyl sites for hydroxylation is 1. The number of amides is 2. The highest BCUT2D eigenvalue weighted by Crippen LogP contribution is 2.14. The first-order chi connectivity index (χ1) is 12.7. The number of rotatable bonds is 6. The number of hydrogen-bond acceptors (Lipinski definition) is 2. The first kappa shape index (κ1) is 17.4. The average molecular weight is 344 g/mol. The Morgan fingerprint density at radius 1 is 0.692 bits per heavy atom. The van der Waals surface area contributed by atoms with E-state index in [4.69, 9.17) is 0 Å². The molecule has 0 saturated heterocycles. The third-order valence-corrected chi connectivity index (χ3v) is 3.92. The van der Waals surface area contributed by atoms with Crippen LogP contribution in [0.3, 0.4) is 0 Å². The average Bonchev–Trinajstić information content (AvgIpc) is 2.68. The van der Waals surface area contributed by atoms with E-state index >= 15 is 0 Å². The lowest BCUT2D eigenvalue weighted by Gasteiger charge is -2.08. The highest BCUT2D eigenvalue weighted by atomic mass is 16.2. The molecule has 3 aromatic carbocycles. The second kappa shape index (κ2) is 8.62. The molecule has 3 aromatic rings. The number of nitrogens with one attached hydrogen (secondary N) is 2. The van der Waals surface area contributed by atoms with Gasteiger partial charge in [-0.15, -0.1) is 0 Å². The minimum atomic E-state index is -0.211. The largest absolute Gasteiger partial charge is 0.326 e. The van der Waals surface area contributed by atoms with Crippen molar-refractivity contribution in [3.8, 4) is 0 Å². The normalized spacial score (nSPS) is 10.2. The van der Waals surface area contributed by atoms with Crippen LogP contribution in [0, 0.1) is 0 Å². The lowest BCUT2D eigenvalue weighted by Crippen LogP contribution is -2.14. The Bertz CT molecular complexity index is 877. The second-order valence-corrected chi connectivity index (χ2v) is 5.93. The van der Waals surface area contributed by atoms with Crippen molar-refractivity contribution in [2.45, 2.75) is 12.8 Å². The molecule has 0 heterocycles. The lowest BCUT2D eigenvalue weighted by molar-refractivity contribution is -0.116. The molecule has 0 fully saturated rings. The maximum absolute atomic E-state index is 12.3. The molecular formula is C22H20N2O2. The minimum Gasteiger partial charge on any atom is -0.326 e. The number of carbonyl (C=O) groups excluding carboxylic acids is 2. The maximum atomic E-state index is 12.3. The summed E-state index contributed by atoms with van der Waals surface area (Å²) in [5, 5.41) is 5.69. The smallest absolute Gasteiger partial charge is 0.255 e. The Morgan fingerprint density at radius 3 is 2.08 bits per heavy atom. The van der Waals surface area contributed by atoms with E-state index in [1.54, 1.807) is 24.3 Å². The maximum Gasteiger partial charge on any atom is 0.255 e. The summed E-state index contributed by atoms with van der Waals surface area (Å²) in [6.45, 7) is 0. The molecule has 130 valence electrons. The fraction of sp³-hybridized carbons (Fsp3) is 0.0909. The summed E-state index contributed by atoms with van der Waals surface area (Å²) >= 11 is 0. The van der Waals surface area contributed by atoms with E-state index in [2.05, 4.69) is 10.6 Å². The fourth-order valence-electron chi connectivity index (χ4n) is 2.59. The van der Waals surface area contributed by atoms with Gasteiger partial charge in [0.1, 0.15) is 0 Å². The van der Waals surface area contributed by atoms with Gasteiger partial charge in [0, 0.05) is 23.4 Å². The molecule has 0 aliphatic heterocycles. The predicted octanol–water partition coefficient (Wildman–Crippen LogP) is 4.51. The van der Waals surface area contributed by atoms with Crippen molar-refractivity contribution < 1.29 is 9.59 Å². The molecule has 4 nitrogen and oxygen atoms in total. The summed E-state index contributed by atoms with van der Waals surface area (Å²) in [5.41, 5.74) is 2.96. The van der Waals surface area contributed by atoms with Crippen molar-refractivity contribution in [1.82, 2.24) is 0 Å². The third-order valence-electron chi connectivity index (χ3n) is 3.92. The summed E-state index contributed by atoms with van der Waals surface area (Å²) in [6.07, 6.45) is 1.07. The van der Waals surface area contributed by atoms with Gasteiger partial charge in [0.05, 0.1) is 0 Å². The van der Waals surface area contributed by atoms with Crippen LogP contribution < -0.4 is 10.6 Å². The van der Waals surface area contributed by atoms with Gasteiger partial charge < -0.3 is 10.6 Å². The number of benzene rings is 3. The molecule has 0 unspecified atom stereocenters. The summed E-state index contributed by atoms with van der Waals surface area (Å²) in [7, 11) is 0. The van der Waals surface area contributed by atoms with Gasteiger partial charge in [-0.3, -0.25) is 9.59 Å². The second-order valence-electron chi connectivity index (χ2n) is 5.93. The van der Waals surface area contributed by atoms with Gasteiger partial charge in [-0.05, 0) is 42.3 Å². The monoisotopic (exact) mass is 344 g/mol. The van der Waals surface area contributed by atoms with Crippen LogP contribution in [0.1, 0.15) is 22.3 Å². The summed E-state index contributed by atoms with van der Waals surface area (Å²) in [6, 6.07) is 26.1. The van der Waals surface area contributed by atoms with Crippen molar-refractivity contribution >= 4 is 23.2 Å². The van der Waals surface area contributed by atoms with E-state index in [-0.39, 0.29) is 11.8 Å². The fourth-order valence-corrected chi connectivity index (χ4v) is 2.59. The summed E-state index contributed by atoms with van der Waals surface area (Å²) in [5.74, 6) is -0.286. The highest BCUT2D eigenvalue weighted by Gasteiger charge is 2.08. The van der Waals surface area contributed by atoms with E-state index in [1.165, 1.54) is 0 Å². The van der Waals surface area contributed by atoms with Crippen LogP contribution in [0.15, 0.2) is 84.9 Å². The number of hydrogen-bond donors (Lipinski definition) is 2. The van der Waals surface area contributed by atoms with Crippen LogP contribution >= 0.6 is 0 Å². The molecule has 4 heteroatoms. The minimum absolute atomic E-state index is 0.0746. The van der Waals surface area contributed by atoms with Crippen molar-refractivity contribution in [3.05, 3.63) is 96.1 Å². The van der Waals surface area contributed by atoms with Crippen LogP contribution in [0.25, 0.3) is 0 Å². The van der Waals surface area contributed by atoms with Crippen molar-refractivity contribution in [2.24, 2.45) is 0 Å². The molecule has 0 bridgehead atoms. The van der Waals surface area contributed by atoms with E-state index in [9.17, 15) is 9.59 Å². The first-order valence-electron chi connectivity index (χ1n) is 8.51. The highest BCUT2D eigenvalue weighted by molar-refractivity contribution is 6.05. The Kier molecular flexibility index (Phi) is 5.78. The topological polar surface area (TPSA) is 58.2 Å². The zero-order valence-electron chi connectivity index (χ0n) is 14.3. The molecule has 0 aliphatic rings. The molecule has 0 atom stereocenters. The Labute approximate surface area is 152 Å². The van der Waals surface area contributed by atoms with Crippen LogP contribution in [0.2, 0.25) is 0 Å². The standard InChI is InChI=1S/C22H20N2O2/c25-21(15-14-17-8-3-1-4-9-17)23-20-13-7-10-18(16-20)22(26)24-19-11-5-2-6-12-19/h1-13,16H,14-15H2,(H,23,25)(H,24,26). The van der Waals surface area contributed by atoms with Crippen molar-refractivity contribution in [1.29, 1.82) is 0 Å². The molecule has 3 rings (SSSR count). The number of carbonyl (C=O) groups is 2. The Morgan fingerprint density at radius 2 is 1.35 bits per heavy atom. The molecule has 0 spiro atoms. The molecule has 2 N–H and O–H groups in total. The van der Waals surface area contributed by atoms with Gasteiger partial charge >= 0.3 is 0 Å². The van der Waals surface area contributed by atoms with Gasteiger partial charge in [0.2, 0.25) is 5.91 Å². The molecule has 0 saturated carbocycles. The number of para-hydroxylation sites is 1. The van der Waals surface area contributed by atoms with Gasteiger partial charge in [0.25, 0.3) is 5.91 Å². The quantitative estimate of drug-likeness (QED) is 0.691. The van der Waals surface area contributed by atoms with E-state index in [0.717, 1.165) is 11.3 Å². The van der Waals surface area contributed by atoms with Crippen LogP contribution in [-0.4, -0.2) is 11.8 Å². The van der Waals surface area contributed by atoms with Gasteiger partial charge in [-0.2, -0.15) is 0 Å². The third kappa shape index (κ3) is 5.05. The van der Waals surface area contributed by atoms with Gasteiger partial charge in [-0.25, -0.2) is 0 Å². The molecular weight excluding hydrogens is 324 g/mol. The lowest BCUT2D eigenvalue weighted by atomic mass is 10.1. The SMILES string of the molecule is O=C(CCc1ccccc1)Nc1cccc(C(=O)Nc2ccccc2)c1. The molecule has 2 amide bonds. The zero-order chi connectivity index (χ0) is 18.2. The van der Waals surface area contributed by atoms with Gasteiger partial charge in [0.15, 0.2) is 0 Å².